The van der Waals surface area contributed by atoms with Gasteiger partial charge in [0.1, 0.15) is 17.5 Å². The Kier molecular flexibility index (Phi) is 6.72. The second kappa shape index (κ2) is 9.43. The highest BCUT2D eigenvalue weighted by molar-refractivity contribution is 6.00. The number of hydrogen-bond donors (Lipinski definition) is 2. The van der Waals surface area contributed by atoms with E-state index in [2.05, 4.69) is 5.32 Å². The van der Waals surface area contributed by atoms with Gasteiger partial charge in [0.2, 0.25) is 5.91 Å². The van der Waals surface area contributed by atoms with Crippen molar-refractivity contribution in [2.75, 3.05) is 20.8 Å². The van der Waals surface area contributed by atoms with Crippen LogP contribution in [0.15, 0.2) is 42.5 Å². The summed E-state index contributed by atoms with van der Waals surface area (Å²) in [5.41, 5.74) is 8.06. The Balaban J connectivity index is 1.68. The van der Waals surface area contributed by atoms with E-state index in [0.717, 1.165) is 17.5 Å². The van der Waals surface area contributed by atoms with E-state index in [0.29, 0.717) is 43.1 Å². The molecule has 0 spiro atoms. The van der Waals surface area contributed by atoms with Gasteiger partial charge >= 0.3 is 0 Å². The summed E-state index contributed by atoms with van der Waals surface area (Å²) in [5, 5.41) is 2.95. The summed E-state index contributed by atoms with van der Waals surface area (Å²) in [5.74, 6) is 0.677. The highest BCUT2D eigenvalue weighted by atomic mass is 16.5. The number of rotatable bonds is 7. The van der Waals surface area contributed by atoms with Crippen LogP contribution >= 0.6 is 0 Å². The van der Waals surface area contributed by atoms with Gasteiger partial charge in [-0.15, -0.1) is 0 Å². The maximum Gasteiger partial charge on any atom is 0.258 e. The van der Waals surface area contributed by atoms with Gasteiger partial charge in [-0.2, -0.15) is 0 Å². The number of nitrogens with zero attached hydrogens (tertiary/aromatic N) is 1. The molecule has 1 heterocycles. The molecular formula is C22H27N3O4. The van der Waals surface area contributed by atoms with Crippen LogP contribution in [0.1, 0.15) is 34.3 Å². The van der Waals surface area contributed by atoms with Crippen LogP contribution in [0, 0.1) is 0 Å². The van der Waals surface area contributed by atoms with Crippen LogP contribution in [-0.4, -0.2) is 43.5 Å². The molecule has 2 amide bonds. The molecule has 0 aromatic heterocycles. The van der Waals surface area contributed by atoms with Crippen molar-refractivity contribution >= 4 is 11.8 Å². The van der Waals surface area contributed by atoms with Crippen molar-refractivity contribution in [3.05, 3.63) is 59.2 Å². The molecule has 1 fully saturated rings. The average molecular weight is 397 g/mol. The number of amides is 2. The maximum absolute atomic E-state index is 13.1. The highest BCUT2D eigenvalue weighted by Crippen LogP contribution is 2.28. The van der Waals surface area contributed by atoms with Crippen molar-refractivity contribution in [3.8, 4) is 11.5 Å². The van der Waals surface area contributed by atoms with Crippen molar-refractivity contribution in [1.29, 1.82) is 0 Å². The number of nitrogens with one attached hydrogen (secondary N) is 1. The van der Waals surface area contributed by atoms with Crippen LogP contribution in [-0.2, 0) is 17.9 Å². The van der Waals surface area contributed by atoms with Gasteiger partial charge in [0.25, 0.3) is 5.91 Å². The lowest BCUT2D eigenvalue weighted by atomic mass is 10.1. The monoisotopic (exact) mass is 397 g/mol. The van der Waals surface area contributed by atoms with E-state index < -0.39 is 6.04 Å². The summed E-state index contributed by atoms with van der Waals surface area (Å²) in [6.07, 6.45) is 1.43. The Hall–Kier alpha value is -3.06. The zero-order chi connectivity index (χ0) is 20.8. The Bertz CT molecular complexity index is 867. The number of carbonyl (C=O) groups excluding carboxylic acids is 2. The molecule has 1 aliphatic heterocycles. The quantitative estimate of drug-likeness (QED) is 0.746. The van der Waals surface area contributed by atoms with E-state index in [4.69, 9.17) is 15.2 Å². The zero-order valence-electron chi connectivity index (χ0n) is 16.8. The summed E-state index contributed by atoms with van der Waals surface area (Å²) >= 11 is 0. The van der Waals surface area contributed by atoms with E-state index in [1.54, 1.807) is 30.2 Å². The van der Waals surface area contributed by atoms with Gasteiger partial charge < -0.3 is 25.4 Å². The SMILES string of the molecule is COc1ccc(C(=O)N2CCCC2C(=O)NCc2ccc(CN)cc2)c(OC)c1. The molecule has 1 atom stereocenters. The largest absolute Gasteiger partial charge is 0.497 e. The lowest BCUT2D eigenvalue weighted by Gasteiger charge is -2.25. The van der Waals surface area contributed by atoms with E-state index in [-0.39, 0.29) is 11.8 Å². The summed E-state index contributed by atoms with van der Waals surface area (Å²) in [4.78, 5) is 27.5. The van der Waals surface area contributed by atoms with Gasteiger partial charge in [-0.25, -0.2) is 0 Å². The predicted octanol–water partition coefficient (Wildman–Crippen LogP) is 2.08. The minimum Gasteiger partial charge on any atom is -0.497 e. The zero-order valence-corrected chi connectivity index (χ0v) is 16.8. The van der Waals surface area contributed by atoms with Gasteiger partial charge in [-0.3, -0.25) is 9.59 Å². The van der Waals surface area contributed by atoms with E-state index >= 15 is 0 Å². The maximum atomic E-state index is 13.1. The first kappa shape index (κ1) is 20.7. The third kappa shape index (κ3) is 4.68. The number of benzene rings is 2. The summed E-state index contributed by atoms with van der Waals surface area (Å²) in [7, 11) is 3.07. The van der Waals surface area contributed by atoms with Crippen molar-refractivity contribution < 1.29 is 19.1 Å². The molecule has 0 radical (unpaired) electrons. The van der Waals surface area contributed by atoms with Gasteiger partial charge in [-0.1, -0.05) is 24.3 Å². The Morgan fingerprint density at radius 2 is 1.83 bits per heavy atom. The highest BCUT2D eigenvalue weighted by Gasteiger charge is 2.35. The number of ether oxygens (including phenoxy) is 2. The fourth-order valence-electron chi connectivity index (χ4n) is 3.51. The van der Waals surface area contributed by atoms with Gasteiger partial charge in [-0.05, 0) is 36.1 Å². The van der Waals surface area contributed by atoms with Crippen LogP contribution in [0.2, 0.25) is 0 Å². The molecule has 0 bridgehead atoms. The normalized spacial score (nSPS) is 15.8. The molecular weight excluding hydrogens is 370 g/mol. The summed E-state index contributed by atoms with van der Waals surface area (Å²) in [6, 6.07) is 12.4. The van der Waals surface area contributed by atoms with Crippen LogP contribution in [0.4, 0.5) is 0 Å². The van der Waals surface area contributed by atoms with Crippen molar-refractivity contribution in [2.24, 2.45) is 5.73 Å². The average Bonchev–Trinajstić information content (AvgIpc) is 3.26. The molecule has 7 nitrogen and oxygen atoms in total. The molecule has 0 saturated carbocycles. The molecule has 2 aromatic rings. The lowest BCUT2D eigenvalue weighted by Crippen LogP contribution is -2.45. The molecule has 1 unspecified atom stereocenters. The first-order chi connectivity index (χ1) is 14.1. The Morgan fingerprint density at radius 1 is 1.10 bits per heavy atom. The number of likely N-dealkylation sites (tertiary alicyclic amines) is 1. The first-order valence-electron chi connectivity index (χ1n) is 9.66. The third-order valence-electron chi connectivity index (χ3n) is 5.18. The molecule has 7 heteroatoms. The number of carbonyl (C=O) groups is 2. The van der Waals surface area contributed by atoms with Gasteiger partial charge in [0.15, 0.2) is 0 Å². The van der Waals surface area contributed by atoms with Gasteiger partial charge in [0, 0.05) is 25.7 Å². The van der Waals surface area contributed by atoms with Crippen LogP contribution in [0.5, 0.6) is 11.5 Å². The Labute approximate surface area is 170 Å². The van der Waals surface area contributed by atoms with Crippen molar-refractivity contribution in [2.45, 2.75) is 32.0 Å². The topological polar surface area (TPSA) is 93.9 Å². The van der Waals surface area contributed by atoms with Crippen molar-refractivity contribution in [3.63, 3.8) is 0 Å². The van der Waals surface area contributed by atoms with Gasteiger partial charge in [0.05, 0.1) is 19.8 Å². The number of methoxy groups -OCH3 is 2. The molecule has 154 valence electrons. The minimum atomic E-state index is -0.488. The number of hydrogen-bond acceptors (Lipinski definition) is 5. The fraction of sp³-hybridized carbons (Fsp3) is 0.364. The van der Waals surface area contributed by atoms with Crippen LogP contribution in [0.25, 0.3) is 0 Å². The molecule has 2 aromatic carbocycles. The first-order valence-corrected chi connectivity index (χ1v) is 9.66. The molecule has 29 heavy (non-hydrogen) atoms. The summed E-state index contributed by atoms with van der Waals surface area (Å²) in [6.45, 7) is 1.44. The molecule has 3 N–H and O–H groups in total. The smallest absolute Gasteiger partial charge is 0.258 e. The molecule has 1 saturated heterocycles. The lowest BCUT2D eigenvalue weighted by molar-refractivity contribution is -0.125. The summed E-state index contributed by atoms with van der Waals surface area (Å²) < 4.78 is 10.5. The van der Waals surface area contributed by atoms with E-state index in [1.165, 1.54) is 7.11 Å². The Morgan fingerprint density at radius 3 is 2.48 bits per heavy atom. The molecule has 1 aliphatic rings. The second-order valence-corrected chi connectivity index (χ2v) is 6.96. The standard InChI is InChI=1S/C22H27N3O4/c1-28-17-9-10-18(20(12-17)29-2)22(27)25-11-3-4-19(25)21(26)24-14-16-7-5-15(13-23)6-8-16/h5-10,12,19H,3-4,11,13-14,23H2,1-2H3,(H,24,26). The van der Waals surface area contributed by atoms with Crippen molar-refractivity contribution in [1.82, 2.24) is 10.2 Å². The fourth-order valence-corrected chi connectivity index (χ4v) is 3.51. The minimum absolute atomic E-state index is 0.147. The predicted molar refractivity (Wildman–Crippen MR) is 110 cm³/mol. The molecule has 0 aliphatic carbocycles. The van der Waals surface area contributed by atoms with Crippen LogP contribution in [0.3, 0.4) is 0 Å². The van der Waals surface area contributed by atoms with E-state index in [9.17, 15) is 9.59 Å². The van der Waals surface area contributed by atoms with E-state index in [1.807, 2.05) is 24.3 Å². The second-order valence-electron chi connectivity index (χ2n) is 6.96. The third-order valence-corrected chi connectivity index (χ3v) is 5.18. The molecule has 3 rings (SSSR count). The number of nitrogens with two attached hydrogens (primary N) is 1. The van der Waals surface area contributed by atoms with Crippen LogP contribution < -0.4 is 20.5 Å².